The van der Waals surface area contributed by atoms with Crippen LogP contribution >= 0.6 is 0 Å². The maximum atomic E-state index is 2.45. The molecule has 0 nitrogen and oxygen atoms in total. The van der Waals surface area contributed by atoms with Gasteiger partial charge in [-0.1, -0.05) is 59.7 Å². The molecule has 5 fully saturated rings. The van der Waals surface area contributed by atoms with Crippen molar-refractivity contribution in [3.8, 4) is 0 Å². The number of hydrogen-bond donors (Lipinski definition) is 0. The zero-order chi connectivity index (χ0) is 17.8. The highest BCUT2D eigenvalue weighted by molar-refractivity contribution is 5.67. The van der Waals surface area contributed by atoms with E-state index in [9.17, 15) is 0 Å². The summed E-state index contributed by atoms with van der Waals surface area (Å²) in [5.41, 5.74) is 11.8. The lowest BCUT2D eigenvalue weighted by atomic mass is 9.45. The highest BCUT2D eigenvalue weighted by Gasteiger charge is 2.82. The third-order valence-corrected chi connectivity index (χ3v) is 11.3. The van der Waals surface area contributed by atoms with Crippen LogP contribution in [0.5, 0.6) is 0 Å². The third kappa shape index (κ3) is 1.15. The summed E-state index contributed by atoms with van der Waals surface area (Å²) in [5.74, 6) is 5.54. The Hall–Kier alpha value is -1.82. The van der Waals surface area contributed by atoms with Gasteiger partial charge in [-0.2, -0.15) is 0 Å². The van der Waals surface area contributed by atoms with Crippen LogP contribution in [-0.2, 0) is 0 Å². The molecule has 0 N–H and O–H groups in total. The van der Waals surface area contributed by atoms with Gasteiger partial charge in [-0.15, -0.1) is 0 Å². The van der Waals surface area contributed by atoms with Gasteiger partial charge in [-0.05, 0) is 95.3 Å². The summed E-state index contributed by atoms with van der Waals surface area (Å²) in [4.78, 5) is 0. The summed E-state index contributed by atoms with van der Waals surface area (Å²) >= 11 is 0. The van der Waals surface area contributed by atoms with Gasteiger partial charge in [0, 0.05) is 11.8 Å². The highest BCUT2D eigenvalue weighted by Crippen LogP contribution is 2.90. The van der Waals surface area contributed by atoms with E-state index < -0.39 is 0 Å². The molecule has 0 amide bonds. The number of allylic oxidation sites excluding steroid dienone is 2. The second-order valence-corrected chi connectivity index (χ2v) is 11.4. The lowest BCUT2D eigenvalue weighted by molar-refractivity contribution is -0.00808. The molecule has 2 spiro atoms. The minimum absolute atomic E-state index is 0.564. The van der Waals surface area contributed by atoms with E-state index in [0.29, 0.717) is 22.7 Å². The molecule has 11 rings (SSSR count). The minimum atomic E-state index is 0.564. The van der Waals surface area contributed by atoms with Crippen molar-refractivity contribution in [2.75, 3.05) is 0 Å². The fourth-order valence-electron chi connectivity index (χ4n) is 11.1. The largest absolute Gasteiger partial charge is 0.0619 e. The van der Waals surface area contributed by atoms with Gasteiger partial charge in [-0.3, -0.25) is 0 Å². The molecule has 2 aromatic carbocycles. The first-order valence-corrected chi connectivity index (χ1v) is 11.7. The lowest BCUT2D eigenvalue weighted by Crippen LogP contribution is -2.48. The monoisotopic (exact) mass is 362 g/mol. The summed E-state index contributed by atoms with van der Waals surface area (Å²) < 4.78 is 0. The van der Waals surface area contributed by atoms with Crippen LogP contribution < -0.4 is 0 Å². The molecule has 0 heterocycles. The third-order valence-electron chi connectivity index (χ3n) is 11.3. The lowest BCUT2D eigenvalue weighted by Gasteiger charge is -2.58. The van der Waals surface area contributed by atoms with Crippen LogP contribution in [0.2, 0.25) is 0 Å². The molecule has 0 aromatic heterocycles. The van der Waals surface area contributed by atoms with Crippen molar-refractivity contribution >= 4 is 0 Å². The molecule has 0 aliphatic heterocycles. The molecule has 9 aliphatic rings. The predicted molar refractivity (Wildman–Crippen MR) is 110 cm³/mol. The first-order chi connectivity index (χ1) is 13.8. The smallest absolute Gasteiger partial charge is 0.0308 e. The van der Waals surface area contributed by atoms with Crippen molar-refractivity contribution in [3.63, 3.8) is 0 Å². The van der Waals surface area contributed by atoms with E-state index in [1.807, 2.05) is 11.1 Å². The Balaban J connectivity index is 1.33. The van der Waals surface area contributed by atoms with Gasteiger partial charge in [0.25, 0.3) is 0 Å². The van der Waals surface area contributed by atoms with Crippen LogP contribution in [0.15, 0.2) is 59.7 Å². The zero-order valence-electron chi connectivity index (χ0n) is 16.3. The zero-order valence-corrected chi connectivity index (χ0v) is 16.3. The molecule has 28 heavy (non-hydrogen) atoms. The van der Waals surface area contributed by atoms with E-state index in [2.05, 4.69) is 48.5 Å². The molecule has 8 bridgehead atoms. The molecule has 4 unspecified atom stereocenters. The van der Waals surface area contributed by atoms with Crippen LogP contribution in [0.25, 0.3) is 0 Å². The van der Waals surface area contributed by atoms with Crippen molar-refractivity contribution in [3.05, 3.63) is 81.9 Å². The normalized spacial score (nSPS) is 49.4. The Kier molecular flexibility index (Phi) is 2.06. The van der Waals surface area contributed by atoms with E-state index in [1.165, 1.54) is 12.8 Å². The first kappa shape index (κ1) is 14.2. The van der Waals surface area contributed by atoms with Crippen LogP contribution in [0.1, 0.15) is 72.6 Å². The molecule has 2 aromatic rings. The van der Waals surface area contributed by atoms with Gasteiger partial charge in [0.1, 0.15) is 0 Å². The molecular formula is C28H26. The fraction of sp³-hybridized carbons (Fsp3) is 0.500. The fourth-order valence-corrected chi connectivity index (χ4v) is 11.1. The van der Waals surface area contributed by atoms with Crippen molar-refractivity contribution in [2.24, 2.45) is 34.5 Å². The summed E-state index contributed by atoms with van der Waals surface area (Å²) in [7, 11) is 0. The molecule has 5 saturated carbocycles. The molecule has 0 saturated heterocycles. The van der Waals surface area contributed by atoms with E-state index in [-0.39, 0.29) is 0 Å². The van der Waals surface area contributed by atoms with Crippen LogP contribution in [0.4, 0.5) is 0 Å². The SMILES string of the molecule is c1ccc2c(c1)C1C3=C(CC45CC6CC4(C3)C3CCC5C63)C2c2ccccc21. The highest BCUT2D eigenvalue weighted by atomic mass is 14.9. The molecule has 4 atom stereocenters. The maximum Gasteiger partial charge on any atom is 0.0308 e. The van der Waals surface area contributed by atoms with Gasteiger partial charge < -0.3 is 0 Å². The molecule has 138 valence electrons. The summed E-state index contributed by atoms with van der Waals surface area (Å²) in [5, 5.41) is 0. The second-order valence-electron chi connectivity index (χ2n) is 11.4. The van der Waals surface area contributed by atoms with Gasteiger partial charge >= 0.3 is 0 Å². The van der Waals surface area contributed by atoms with Crippen LogP contribution in [-0.4, -0.2) is 0 Å². The van der Waals surface area contributed by atoms with Gasteiger partial charge in [0.2, 0.25) is 0 Å². The van der Waals surface area contributed by atoms with E-state index in [4.69, 9.17) is 0 Å². The van der Waals surface area contributed by atoms with Crippen molar-refractivity contribution < 1.29 is 0 Å². The molecule has 0 radical (unpaired) electrons. The van der Waals surface area contributed by atoms with Crippen LogP contribution in [0.3, 0.4) is 0 Å². The van der Waals surface area contributed by atoms with E-state index in [0.717, 1.165) is 23.7 Å². The predicted octanol–water partition coefficient (Wildman–Crippen LogP) is 6.42. The summed E-state index contributed by atoms with van der Waals surface area (Å²) in [6.45, 7) is 0. The Morgan fingerprint density at radius 3 is 1.46 bits per heavy atom. The quantitative estimate of drug-likeness (QED) is 0.474. The Bertz CT molecular complexity index is 1000. The number of rotatable bonds is 0. The Labute approximate surface area is 167 Å². The average molecular weight is 363 g/mol. The Morgan fingerprint density at radius 1 is 0.607 bits per heavy atom. The van der Waals surface area contributed by atoms with Gasteiger partial charge in [0.05, 0.1) is 0 Å². The molecule has 0 heteroatoms. The van der Waals surface area contributed by atoms with Gasteiger partial charge in [0.15, 0.2) is 0 Å². The summed E-state index contributed by atoms with van der Waals surface area (Å²) in [6.07, 6.45) is 9.24. The van der Waals surface area contributed by atoms with Crippen LogP contribution in [0, 0.1) is 34.5 Å². The molecule has 9 aliphatic carbocycles. The van der Waals surface area contributed by atoms with Gasteiger partial charge in [-0.25, -0.2) is 0 Å². The standard InChI is InChI=1S/C28H26/c1-2-6-17-16(5-1)25-18-7-3-4-8-19(18)26(17)21-14-28-12-15-11-27(28,13-20(21)25)22-9-10-23(28)24(15)22/h1-8,15,22-26H,9-14H2. The topological polar surface area (TPSA) is 0 Å². The van der Waals surface area contributed by atoms with Crippen molar-refractivity contribution in [1.82, 2.24) is 0 Å². The Morgan fingerprint density at radius 2 is 1.04 bits per heavy atom. The number of benzene rings is 2. The minimum Gasteiger partial charge on any atom is -0.0619 e. The van der Waals surface area contributed by atoms with E-state index in [1.54, 1.807) is 47.9 Å². The second kappa shape index (κ2) is 4.07. The van der Waals surface area contributed by atoms with E-state index >= 15 is 0 Å². The first-order valence-electron chi connectivity index (χ1n) is 11.7. The summed E-state index contributed by atoms with van der Waals surface area (Å²) in [6, 6.07) is 18.9. The van der Waals surface area contributed by atoms with Crippen molar-refractivity contribution in [2.45, 2.75) is 50.4 Å². The maximum absolute atomic E-state index is 2.45. The average Bonchev–Trinajstić information content (AvgIpc) is 3.48. The van der Waals surface area contributed by atoms with Crippen molar-refractivity contribution in [1.29, 1.82) is 0 Å². The number of hydrogen-bond acceptors (Lipinski definition) is 0. The molecular weight excluding hydrogens is 336 g/mol.